The van der Waals surface area contributed by atoms with Crippen LogP contribution in [0.3, 0.4) is 0 Å². The number of para-hydroxylation sites is 1. The van der Waals surface area contributed by atoms with E-state index in [4.69, 9.17) is 16.3 Å². The maximum absolute atomic E-state index is 6.26. The number of nitrogens with one attached hydrogen (secondary N) is 1. The van der Waals surface area contributed by atoms with Crippen molar-refractivity contribution in [2.45, 2.75) is 0 Å². The number of ether oxygens (including phenoxy) is 1. The summed E-state index contributed by atoms with van der Waals surface area (Å²) in [5.41, 5.74) is 3.01. The topological polar surface area (TPSA) is 37.9 Å². The van der Waals surface area contributed by atoms with Gasteiger partial charge in [0.2, 0.25) is 0 Å². The number of aromatic nitrogens is 2. The van der Waals surface area contributed by atoms with Crippen LogP contribution in [0.2, 0.25) is 5.15 Å². The molecule has 1 N–H and O–H groups in total. The van der Waals surface area contributed by atoms with Crippen molar-refractivity contribution in [2.24, 2.45) is 0 Å². The van der Waals surface area contributed by atoms with Crippen LogP contribution in [-0.2, 0) is 0 Å². The summed E-state index contributed by atoms with van der Waals surface area (Å²) in [6, 6.07) is 19.6. The summed E-state index contributed by atoms with van der Waals surface area (Å²) >= 11 is 6.26. The zero-order valence-corrected chi connectivity index (χ0v) is 12.9. The fourth-order valence-electron chi connectivity index (χ4n) is 2.61. The summed E-state index contributed by atoms with van der Waals surface area (Å²) in [5, 5.41) is 1.42. The third-order valence-electron chi connectivity index (χ3n) is 3.67. The molecule has 2 aromatic carbocycles. The van der Waals surface area contributed by atoms with Crippen LogP contribution in [0.25, 0.3) is 22.0 Å². The van der Waals surface area contributed by atoms with Gasteiger partial charge in [0.1, 0.15) is 16.7 Å². The monoisotopic (exact) mass is 320 g/mol. The number of fused-ring (bicyclic) bond motifs is 1. The molecule has 0 amide bonds. The van der Waals surface area contributed by atoms with Crippen molar-refractivity contribution < 1.29 is 4.74 Å². The molecule has 4 rings (SSSR count). The fourth-order valence-corrected chi connectivity index (χ4v) is 2.87. The first-order valence-corrected chi connectivity index (χ1v) is 7.64. The Morgan fingerprint density at radius 3 is 2.61 bits per heavy atom. The molecule has 0 aliphatic rings. The predicted molar refractivity (Wildman–Crippen MR) is 93.1 cm³/mol. The van der Waals surface area contributed by atoms with E-state index >= 15 is 0 Å². The van der Waals surface area contributed by atoms with Gasteiger partial charge in [0.15, 0.2) is 0 Å². The first kappa shape index (κ1) is 13.9. The number of hydrogen-bond donors (Lipinski definition) is 1. The van der Waals surface area contributed by atoms with E-state index in [-0.39, 0.29) is 0 Å². The highest BCUT2D eigenvalue weighted by atomic mass is 35.5. The largest absolute Gasteiger partial charge is 0.457 e. The molecular weight excluding hydrogens is 308 g/mol. The number of H-pyrrole nitrogens is 1. The van der Waals surface area contributed by atoms with Crippen LogP contribution in [-0.4, -0.2) is 9.97 Å². The number of halogens is 1. The minimum Gasteiger partial charge on any atom is -0.457 e. The third-order valence-corrected chi connectivity index (χ3v) is 3.96. The normalized spacial score (nSPS) is 10.8. The number of pyridine rings is 1. The van der Waals surface area contributed by atoms with Crippen LogP contribution in [0.4, 0.5) is 0 Å². The van der Waals surface area contributed by atoms with Gasteiger partial charge in [-0.15, -0.1) is 0 Å². The van der Waals surface area contributed by atoms with Crippen molar-refractivity contribution in [1.29, 1.82) is 0 Å². The van der Waals surface area contributed by atoms with Crippen LogP contribution < -0.4 is 4.74 Å². The second kappa shape index (κ2) is 5.78. The van der Waals surface area contributed by atoms with E-state index in [0.717, 1.165) is 33.5 Å². The molecule has 0 saturated carbocycles. The average molecular weight is 321 g/mol. The molecule has 0 spiro atoms. The van der Waals surface area contributed by atoms with Crippen molar-refractivity contribution in [3.05, 3.63) is 78.2 Å². The summed E-state index contributed by atoms with van der Waals surface area (Å²) in [6.45, 7) is 0. The number of aromatic amines is 1. The summed E-state index contributed by atoms with van der Waals surface area (Å²) in [6.07, 6.45) is 3.64. The maximum atomic E-state index is 6.26. The van der Waals surface area contributed by atoms with Crippen molar-refractivity contribution in [1.82, 2.24) is 9.97 Å². The highest BCUT2D eigenvalue weighted by Gasteiger charge is 2.11. The summed E-state index contributed by atoms with van der Waals surface area (Å²) < 4.78 is 5.90. The molecule has 0 aliphatic carbocycles. The number of nitrogens with zero attached hydrogens (tertiary/aromatic N) is 1. The van der Waals surface area contributed by atoms with Crippen molar-refractivity contribution >= 4 is 22.5 Å². The second-order valence-electron chi connectivity index (χ2n) is 5.17. The van der Waals surface area contributed by atoms with Crippen LogP contribution >= 0.6 is 11.6 Å². The van der Waals surface area contributed by atoms with Crippen molar-refractivity contribution in [3.63, 3.8) is 0 Å². The molecule has 2 aromatic heterocycles. The maximum Gasteiger partial charge on any atom is 0.138 e. The van der Waals surface area contributed by atoms with E-state index in [1.54, 1.807) is 6.20 Å². The fraction of sp³-hybridized carbons (Fsp3) is 0. The van der Waals surface area contributed by atoms with E-state index in [2.05, 4.69) is 9.97 Å². The Bertz CT molecular complexity index is 963. The minimum absolute atomic E-state index is 0.494. The standard InChI is InChI=1S/C19H13ClN2O/c20-19-18-16(12-22-17(18)9-10-21-19)13-5-4-8-15(11-13)23-14-6-2-1-3-7-14/h1-12,22H. The SMILES string of the molecule is Clc1nccc2[nH]cc(-c3cccc(Oc4ccccc4)c3)c12. The smallest absolute Gasteiger partial charge is 0.138 e. The summed E-state index contributed by atoms with van der Waals surface area (Å²) in [4.78, 5) is 7.40. The lowest BCUT2D eigenvalue weighted by Gasteiger charge is -2.07. The van der Waals surface area contributed by atoms with Gasteiger partial charge in [-0.1, -0.05) is 41.9 Å². The van der Waals surface area contributed by atoms with Crippen LogP contribution in [0.5, 0.6) is 11.5 Å². The van der Waals surface area contributed by atoms with Crippen molar-refractivity contribution in [3.8, 4) is 22.6 Å². The van der Waals surface area contributed by atoms with Gasteiger partial charge in [0, 0.05) is 23.3 Å². The Morgan fingerprint density at radius 2 is 1.74 bits per heavy atom. The molecule has 0 bridgehead atoms. The van der Waals surface area contributed by atoms with E-state index < -0.39 is 0 Å². The molecule has 3 nitrogen and oxygen atoms in total. The van der Waals surface area contributed by atoms with Crippen LogP contribution in [0.1, 0.15) is 0 Å². The quantitative estimate of drug-likeness (QED) is 0.493. The molecule has 4 heteroatoms. The molecule has 23 heavy (non-hydrogen) atoms. The number of rotatable bonds is 3. The first-order valence-electron chi connectivity index (χ1n) is 7.26. The molecule has 0 aliphatic heterocycles. The Kier molecular flexibility index (Phi) is 3.48. The van der Waals surface area contributed by atoms with E-state index in [9.17, 15) is 0 Å². The second-order valence-corrected chi connectivity index (χ2v) is 5.53. The molecule has 4 aromatic rings. The van der Waals surface area contributed by atoms with Gasteiger partial charge in [-0.05, 0) is 35.9 Å². The number of benzene rings is 2. The zero-order chi connectivity index (χ0) is 15.6. The third kappa shape index (κ3) is 2.67. The highest BCUT2D eigenvalue weighted by molar-refractivity contribution is 6.35. The van der Waals surface area contributed by atoms with Gasteiger partial charge in [0.25, 0.3) is 0 Å². The van der Waals surface area contributed by atoms with E-state index in [0.29, 0.717) is 5.15 Å². The Hall–Kier alpha value is -2.78. The van der Waals surface area contributed by atoms with Crippen molar-refractivity contribution in [2.75, 3.05) is 0 Å². The lowest BCUT2D eigenvalue weighted by atomic mass is 10.1. The molecule has 2 heterocycles. The Labute approximate surface area is 138 Å². The van der Waals surface area contributed by atoms with Crippen LogP contribution in [0.15, 0.2) is 73.1 Å². The molecule has 0 saturated heterocycles. The number of hydrogen-bond acceptors (Lipinski definition) is 2. The van der Waals surface area contributed by atoms with Gasteiger partial charge >= 0.3 is 0 Å². The molecular formula is C19H13ClN2O. The van der Waals surface area contributed by atoms with E-state index in [1.165, 1.54) is 0 Å². The minimum atomic E-state index is 0.494. The summed E-state index contributed by atoms with van der Waals surface area (Å²) in [7, 11) is 0. The molecule has 0 fully saturated rings. The van der Waals surface area contributed by atoms with Gasteiger partial charge in [-0.25, -0.2) is 4.98 Å². The molecule has 0 radical (unpaired) electrons. The highest BCUT2D eigenvalue weighted by Crippen LogP contribution is 2.34. The Balaban J connectivity index is 1.76. The van der Waals surface area contributed by atoms with Gasteiger partial charge in [0.05, 0.1) is 5.52 Å². The first-order chi connectivity index (χ1) is 11.3. The lowest BCUT2D eigenvalue weighted by molar-refractivity contribution is 0.483. The zero-order valence-electron chi connectivity index (χ0n) is 12.2. The van der Waals surface area contributed by atoms with Gasteiger partial charge in [-0.2, -0.15) is 0 Å². The molecule has 0 unspecified atom stereocenters. The van der Waals surface area contributed by atoms with Gasteiger partial charge in [-0.3, -0.25) is 0 Å². The lowest BCUT2D eigenvalue weighted by Crippen LogP contribution is -1.85. The predicted octanol–water partition coefficient (Wildman–Crippen LogP) is 5.68. The average Bonchev–Trinajstić information content (AvgIpc) is 3.02. The molecule has 0 atom stereocenters. The van der Waals surface area contributed by atoms with Gasteiger partial charge < -0.3 is 9.72 Å². The molecule has 112 valence electrons. The van der Waals surface area contributed by atoms with Crippen LogP contribution in [0, 0.1) is 0 Å². The Morgan fingerprint density at radius 1 is 0.913 bits per heavy atom. The summed E-state index contributed by atoms with van der Waals surface area (Å²) in [5.74, 6) is 1.59. The van der Waals surface area contributed by atoms with E-state index in [1.807, 2.05) is 66.9 Å².